The predicted molar refractivity (Wildman–Crippen MR) is 73.5 cm³/mol. The Morgan fingerprint density at radius 1 is 1.44 bits per heavy atom. The van der Waals surface area contributed by atoms with E-state index < -0.39 is 12.0 Å². The summed E-state index contributed by atoms with van der Waals surface area (Å²) in [7, 11) is 3.35. The number of ether oxygens (including phenoxy) is 1. The van der Waals surface area contributed by atoms with E-state index in [4.69, 9.17) is 10.5 Å². The summed E-state index contributed by atoms with van der Waals surface area (Å²) in [4.78, 5) is 24.7. The summed E-state index contributed by atoms with van der Waals surface area (Å²) in [6, 6.07) is -0.760. The van der Waals surface area contributed by atoms with Gasteiger partial charge in [-0.1, -0.05) is 6.08 Å². The van der Waals surface area contributed by atoms with Gasteiger partial charge >= 0.3 is 5.97 Å². The van der Waals surface area contributed by atoms with Crippen LogP contribution in [0.1, 0.15) is 19.8 Å². The number of carbonyl (C=O) groups excluding carboxylic acids is 2. The van der Waals surface area contributed by atoms with Crippen molar-refractivity contribution in [1.29, 1.82) is 0 Å². The van der Waals surface area contributed by atoms with Crippen molar-refractivity contribution in [2.45, 2.75) is 25.8 Å². The van der Waals surface area contributed by atoms with Crippen molar-refractivity contribution >= 4 is 24.3 Å². The van der Waals surface area contributed by atoms with Gasteiger partial charge in [0.2, 0.25) is 5.91 Å². The molecule has 6 heteroatoms. The first-order valence-electron chi connectivity index (χ1n) is 5.68. The highest BCUT2D eigenvalue weighted by Crippen LogP contribution is 2.14. The highest BCUT2D eigenvalue weighted by Gasteiger charge is 2.25. The van der Waals surface area contributed by atoms with Gasteiger partial charge in [-0.25, -0.2) is 0 Å². The molecule has 0 heterocycles. The third-order valence-corrected chi connectivity index (χ3v) is 2.37. The topological polar surface area (TPSA) is 72.6 Å². The standard InChI is InChI=1S/C12H22N2O3.ClH/c1-5-7-9(11(15)14(3)4)8-10(13)12(16)17-6-2;/h5,9-10H,1,6-8,13H2,2-4H3;1H/t9?,10-;/m0./s1. The smallest absolute Gasteiger partial charge is 0.322 e. The van der Waals surface area contributed by atoms with E-state index in [9.17, 15) is 9.59 Å². The number of nitrogens with zero attached hydrogens (tertiary/aromatic N) is 1. The number of rotatable bonds is 7. The maximum atomic E-state index is 11.8. The van der Waals surface area contributed by atoms with Crippen LogP contribution in [0.5, 0.6) is 0 Å². The molecule has 2 atom stereocenters. The van der Waals surface area contributed by atoms with Crippen molar-refractivity contribution in [1.82, 2.24) is 4.90 Å². The minimum atomic E-state index is -0.760. The molecule has 1 unspecified atom stereocenters. The van der Waals surface area contributed by atoms with E-state index in [1.54, 1.807) is 27.1 Å². The Labute approximate surface area is 115 Å². The first kappa shape index (κ1) is 19.3. The van der Waals surface area contributed by atoms with Gasteiger partial charge in [0.05, 0.1) is 6.61 Å². The van der Waals surface area contributed by atoms with Crippen LogP contribution in [0.3, 0.4) is 0 Å². The van der Waals surface area contributed by atoms with Gasteiger partial charge in [0, 0.05) is 20.0 Å². The second kappa shape index (κ2) is 9.91. The van der Waals surface area contributed by atoms with Gasteiger partial charge in [0.15, 0.2) is 0 Å². The summed E-state index contributed by atoms with van der Waals surface area (Å²) in [6.45, 7) is 5.61. The number of carbonyl (C=O) groups is 2. The van der Waals surface area contributed by atoms with Gasteiger partial charge in [-0.15, -0.1) is 19.0 Å². The molecule has 1 amide bonds. The molecule has 0 aliphatic rings. The Balaban J connectivity index is 0. The second-order valence-electron chi connectivity index (χ2n) is 4.05. The van der Waals surface area contributed by atoms with Crippen molar-refractivity contribution in [2.75, 3.05) is 20.7 Å². The zero-order valence-corrected chi connectivity index (χ0v) is 12.0. The van der Waals surface area contributed by atoms with E-state index >= 15 is 0 Å². The van der Waals surface area contributed by atoms with Crippen molar-refractivity contribution < 1.29 is 14.3 Å². The molecule has 0 rings (SSSR count). The number of nitrogens with two attached hydrogens (primary N) is 1. The molecule has 0 saturated carbocycles. The predicted octanol–water partition coefficient (Wildman–Crippen LogP) is 0.969. The van der Waals surface area contributed by atoms with Gasteiger partial charge in [0.1, 0.15) is 6.04 Å². The fraction of sp³-hybridized carbons (Fsp3) is 0.667. The molecule has 5 nitrogen and oxygen atoms in total. The fourth-order valence-electron chi connectivity index (χ4n) is 1.52. The number of hydrogen-bond acceptors (Lipinski definition) is 4. The molecule has 0 spiro atoms. The zero-order chi connectivity index (χ0) is 13.4. The maximum absolute atomic E-state index is 11.8. The molecular weight excluding hydrogens is 256 g/mol. The van der Waals surface area contributed by atoms with Crippen LogP contribution in [0.25, 0.3) is 0 Å². The Kier molecular flexibility index (Phi) is 10.6. The molecule has 0 saturated heterocycles. The average molecular weight is 279 g/mol. The Bertz CT molecular complexity index is 282. The Morgan fingerprint density at radius 2 is 2.00 bits per heavy atom. The van der Waals surface area contributed by atoms with Crippen LogP contribution in [-0.2, 0) is 14.3 Å². The molecule has 0 aliphatic heterocycles. The quantitative estimate of drug-likeness (QED) is 0.556. The van der Waals surface area contributed by atoms with Gasteiger partial charge in [-0.2, -0.15) is 0 Å². The van der Waals surface area contributed by atoms with Crippen molar-refractivity contribution in [3.05, 3.63) is 12.7 Å². The van der Waals surface area contributed by atoms with Crippen molar-refractivity contribution in [3.63, 3.8) is 0 Å². The van der Waals surface area contributed by atoms with Gasteiger partial charge in [-0.05, 0) is 19.8 Å². The molecule has 0 aromatic rings. The lowest BCUT2D eigenvalue weighted by molar-refractivity contribution is -0.145. The number of halogens is 1. The molecule has 0 aliphatic carbocycles. The first-order chi connectivity index (χ1) is 7.93. The van der Waals surface area contributed by atoms with Gasteiger partial charge < -0.3 is 15.4 Å². The van der Waals surface area contributed by atoms with E-state index in [1.807, 2.05) is 0 Å². The molecule has 0 bridgehead atoms. The largest absolute Gasteiger partial charge is 0.465 e. The number of esters is 1. The summed E-state index contributed by atoms with van der Waals surface area (Å²) >= 11 is 0. The fourth-order valence-corrected chi connectivity index (χ4v) is 1.52. The zero-order valence-electron chi connectivity index (χ0n) is 11.2. The molecule has 2 N–H and O–H groups in total. The van der Waals surface area contributed by atoms with Crippen LogP contribution in [-0.4, -0.2) is 43.5 Å². The molecule has 0 aromatic heterocycles. The molecule has 106 valence electrons. The second-order valence-corrected chi connectivity index (χ2v) is 4.05. The van der Waals surface area contributed by atoms with Gasteiger partial charge in [0.25, 0.3) is 0 Å². The number of allylic oxidation sites excluding steroid dienone is 1. The summed E-state index contributed by atoms with van der Waals surface area (Å²) in [5.74, 6) is -0.834. The lowest BCUT2D eigenvalue weighted by Crippen LogP contribution is -2.38. The van der Waals surface area contributed by atoms with Crippen molar-refractivity contribution in [2.24, 2.45) is 11.7 Å². The van der Waals surface area contributed by atoms with E-state index in [2.05, 4.69) is 6.58 Å². The normalized spacial score (nSPS) is 12.9. The van der Waals surface area contributed by atoms with Crippen LogP contribution >= 0.6 is 12.4 Å². The Morgan fingerprint density at radius 3 is 2.39 bits per heavy atom. The maximum Gasteiger partial charge on any atom is 0.322 e. The van der Waals surface area contributed by atoms with Crippen LogP contribution < -0.4 is 5.73 Å². The molecule has 0 fully saturated rings. The third-order valence-electron chi connectivity index (χ3n) is 2.37. The number of amides is 1. The summed E-state index contributed by atoms with van der Waals surface area (Å²) in [6.07, 6.45) is 2.44. The van der Waals surface area contributed by atoms with E-state index in [-0.39, 0.29) is 30.7 Å². The Hall–Kier alpha value is -1.07. The van der Waals surface area contributed by atoms with E-state index in [0.29, 0.717) is 13.0 Å². The monoisotopic (exact) mass is 278 g/mol. The minimum Gasteiger partial charge on any atom is -0.465 e. The van der Waals surface area contributed by atoms with E-state index in [0.717, 1.165) is 0 Å². The SMILES string of the molecule is C=CCC(C[C@H](N)C(=O)OCC)C(=O)N(C)C.Cl. The van der Waals surface area contributed by atoms with Crippen molar-refractivity contribution in [3.8, 4) is 0 Å². The van der Waals surface area contributed by atoms with Crippen LogP contribution in [0, 0.1) is 5.92 Å². The van der Waals surface area contributed by atoms with Gasteiger partial charge in [-0.3, -0.25) is 9.59 Å². The van der Waals surface area contributed by atoms with Crippen LogP contribution in [0.15, 0.2) is 12.7 Å². The summed E-state index contributed by atoms with van der Waals surface area (Å²) in [5, 5.41) is 0. The molecule has 0 radical (unpaired) electrons. The molecule has 0 aromatic carbocycles. The lowest BCUT2D eigenvalue weighted by Gasteiger charge is -2.21. The minimum absolute atomic E-state index is 0. The summed E-state index contributed by atoms with van der Waals surface area (Å²) in [5.41, 5.74) is 5.69. The summed E-state index contributed by atoms with van der Waals surface area (Å²) < 4.78 is 4.81. The third kappa shape index (κ3) is 6.61. The molecular formula is C12H23ClN2O3. The lowest BCUT2D eigenvalue weighted by atomic mass is 9.95. The molecule has 18 heavy (non-hydrogen) atoms. The first-order valence-corrected chi connectivity index (χ1v) is 5.68. The van der Waals surface area contributed by atoms with Crippen LogP contribution in [0.4, 0.5) is 0 Å². The highest BCUT2D eigenvalue weighted by molar-refractivity contribution is 5.85. The van der Waals surface area contributed by atoms with Crippen LogP contribution in [0.2, 0.25) is 0 Å². The van der Waals surface area contributed by atoms with E-state index in [1.165, 1.54) is 4.90 Å². The average Bonchev–Trinajstić information content (AvgIpc) is 2.27. The number of hydrogen-bond donors (Lipinski definition) is 1. The highest BCUT2D eigenvalue weighted by atomic mass is 35.5.